The minimum Gasteiger partial charge on any atom is -0.497 e. The Balaban J connectivity index is 2.28. The quantitative estimate of drug-likeness (QED) is 0.929. The molecule has 1 aromatic carbocycles. The summed E-state index contributed by atoms with van der Waals surface area (Å²) in [4.78, 5) is 12.0. The van der Waals surface area contributed by atoms with Gasteiger partial charge in [0, 0.05) is 18.7 Å². The number of aryl methyl sites for hydroxylation is 1. The lowest BCUT2D eigenvalue weighted by molar-refractivity contribution is 0.0933. The van der Waals surface area contributed by atoms with Crippen molar-refractivity contribution in [2.75, 3.05) is 7.11 Å². The first-order valence-corrected chi connectivity index (χ1v) is 6.50. The minimum absolute atomic E-state index is 0.0989. The molecule has 20 heavy (non-hydrogen) atoms. The van der Waals surface area contributed by atoms with Gasteiger partial charge >= 0.3 is 0 Å². The molecular weight excluding hydrogens is 254 g/mol. The van der Waals surface area contributed by atoms with Crippen molar-refractivity contribution in [3.8, 4) is 17.0 Å². The summed E-state index contributed by atoms with van der Waals surface area (Å²) in [5.41, 5.74) is 2.26. The van der Waals surface area contributed by atoms with Crippen molar-refractivity contribution >= 4 is 5.91 Å². The first kappa shape index (κ1) is 14.1. The number of benzene rings is 1. The Morgan fingerprint density at radius 2 is 1.95 bits per heavy atom. The van der Waals surface area contributed by atoms with Crippen molar-refractivity contribution in [2.45, 2.75) is 19.9 Å². The molecule has 1 amide bonds. The zero-order valence-corrected chi connectivity index (χ0v) is 12.2. The van der Waals surface area contributed by atoms with Crippen LogP contribution in [0.3, 0.4) is 0 Å². The summed E-state index contributed by atoms with van der Waals surface area (Å²) in [7, 11) is 3.40. The summed E-state index contributed by atoms with van der Waals surface area (Å²) in [6.45, 7) is 3.86. The lowest BCUT2D eigenvalue weighted by Gasteiger charge is -2.07. The molecule has 1 heterocycles. The molecule has 1 N–H and O–H groups in total. The molecule has 0 saturated heterocycles. The number of ether oxygens (including phenoxy) is 1. The van der Waals surface area contributed by atoms with Crippen LogP contribution in [-0.2, 0) is 7.05 Å². The molecule has 5 heteroatoms. The summed E-state index contributed by atoms with van der Waals surface area (Å²) in [5, 5.41) is 7.24. The predicted molar refractivity (Wildman–Crippen MR) is 77.8 cm³/mol. The maximum Gasteiger partial charge on any atom is 0.269 e. The van der Waals surface area contributed by atoms with Crippen molar-refractivity contribution in [3.63, 3.8) is 0 Å². The number of amides is 1. The van der Waals surface area contributed by atoms with Crippen LogP contribution in [0.1, 0.15) is 24.3 Å². The van der Waals surface area contributed by atoms with Crippen LogP contribution < -0.4 is 10.1 Å². The highest BCUT2D eigenvalue weighted by atomic mass is 16.5. The van der Waals surface area contributed by atoms with E-state index in [1.807, 2.05) is 38.1 Å². The van der Waals surface area contributed by atoms with Gasteiger partial charge in [-0.05, 0) is 44.2 Å². The van der Waals surface area contributed by atoms with Crippen LogP contribution >= 0.6 is 0 Å². The molecule has 0 unspecified atom stereocenters. The third-order valence-electron chi connectivity index (χ3n) is 2.92. The maximum atomic E-state index is 12.0. The highest BCUT2D eigenvalue weighted by molar-refractivity contribution is 5.93. The molecule has 0 aliphatic carbocycles. The van der Waals surface area contributed by atoms with Gasteiger partial charge in [0.2, 0.25) is 0 Å². The fraction of sp³-hybridized carbons (Fsp3) is 0.333. The standard InChI is InChI=1S/C15H19N3O2/c1-10(2)16-15(19)14-9-13(17-18(14)3)11-5-7-12(20-4)8-6-11/h5-10H,1-4H3,(H,16,19). The van der Waals surface area contributed by atoms with E-state index in [9.17, 15) is 4.79 Å². The second-order valence-electron chi connectivity index (χ2n) is 4.90. The first-order valence-electron chi connectivity index (χ1n) is 6.50. The highest BCUT2D eigenvalue weighted by Gasteiger charge is 2.14. The van der Waals surface area contributed by atoms with Crippen LogP contribution in [-0.4, -0.2) is 28.8 Å². The molecule has 0 atom stereocenters. The van der Waals surface area contributed by atoms with Gasteiger partial charge < -0.3 is 10.1 Å². The van der Waals surface area contributed by atoms with E-state index in [4.69, 9.17) is 4.74 Å². The zero-order chi connectivity index (χ0) is 14.7. The van der Waals surface area contributed by atoms with Crippen LogP contribution in [0.2, 0.25) is 0 Å². The van der Waals surface area contributed by atoms with Gasteiger partial charge in [0.25, 0.3) is 5.91 Å². The number of nitrogens with one attached hydrogen (secondary N) is 1. The molecule has 0 aliphatic rings. The van der Waals surface area contributed by atoms with Gasteiger partial charge in [-0.25, -0.2) is 0 Å². The van der Waals surface area contributed by atoms with Gasteiger partial charge in [0.1, 0.15) is 11.4 Å². The summed E-state index contributed by atoms with van der Waals surface area (Å²) >= 11 is 0. The van der Waals surface area contributed by atoms with E-state index >= 15 is 0 Å². The molecule has 0 bridgehead atoms. The molecular formula is C15H19N3O2. The van der Waals surface area contributed by atoms with Crippen molar-refractivity contribution in [1.82, 2.24) is 15.1 Å². The highest BCUT2D eigenvalue weighted by Crippen LogP contribution is 2.21. The van der Waals surface area contributed by atoms with E-state index in [-0.39, 0.29) is 11.9 Å². The number of carbonyl (C=O) groups excluding carboxylic acids is 1. The topological polar surface area (TPSA) is 56.1 Å². The van der Waals surface area contributed by atoms with E-state index in [1.165, 1.54) is 0 Å². The van der Waals surface area contributed by atoms with E-state index in [0.717, 1.165) is 17.0 Å². The summed E-state index contributed by atoms with van der Waals surface area (Å²) < 4.78 is 6.72. The van der Waals surface area contributed by atoms with Gasteiger partial charge in [-0.3, -0.25) is 9.48 Å². The Labute approximate surface area is 118 Å². The van der Waals surface area contributed by atoms with Crippen molar-refractivity contribution in [2.24, 2.45) is 7.05 Å². The predicted octanol–water partition coefficient (Wildman–Crippen LogP) is 2.23. The molecule has 0 spiro atoms. The molecule has 0 fully saturated rings. The van der Waals surface area contributed by atoms with Gasteiger partial charge in [-0.15, -0.1) is 0 Å². The monoisotopic (exact) mass is 273 g/mol. The number of hydrogen-bond acceptors (Lipinski definition) is 3. The zero-order valence-electron chi connectivity index (χ0n) is 12.2. The lowest BCUT2D eigenvalue weighted by atomic mass is 10.1. The Morgan fingerprint density at radius 3 is 2.50 bits per heavy atom. The number of hydrogen-bond donors (Lipinski definition) is 1. The van der Waals surface area contributed by atoms with E-state index in [0.29, 0.717) is 5.69 Å². The van der Waals surface area contributed by atoms with Crippen LogP contribution in [0, 0.1) is 0 Å². The van der Waals surface area contributed by atoms with Gasteiger partial charge in [0.05, 0.1) is 12.8 Å². The molecule has 2 rings (SSSR count). The van der Waals surface area contributed by atoms with Crippen molar-refractivity contribution in [1.29, 1.82) is 0 Å². The number of carbonyl (C=O) groups is 1. The van der Waals surface area contributed by atoms with Crippen LogP contribution in [0.25, 0.3) is 11.3 Å². The second-order valence-corrected chi connectivity index (χ2v) is 4.90. The number of methoxy groups -OCH3 is 1. The van der Waals surface area contributed by atoms with Crippen LogP contribution in [0.5, 0.6) is 5.75 Å². The lowest BCUT2D eigenvalue weighted by Crippen LogP contribution is -2.31. The Morgan fingerprint density at radius 1 is 1.30 bits per heavy atom. The molecule has 0 saturated carbocycles. The molecule has 0 aliphatic heterocycles. The third-order valence-corrected chi connectivity index (χ3v) is 2.92. The summed E-state index contributed by atoms with van der Waals surface area (Å²) in [5.74, 6) is 0.678. The summed E-state index contributed by atoms with van der Waals surface area (Å²) in [6.07, 6.45) is 0. The van der Waals surface area contributed by atoms with Crippen molar-refractivity contribution in [3.05, 3.63) is 36.0 Å². The first-order chi connectivity index (χ1) is 9.51. The number of aromatic nitrogens is 2. The van der Waals surface area contributed by atoms with Gasteiger partial charge in [-0.1, -0.05) is 0 Å². The molecule has 1 aromatic heterocycles. The fourth-order valence-corrected chi connectivity index (χ4v) is 1.92. The Hall–Kier alpha value is -2.30. The maximum absolute atomic E-state index is 12.0. The van der Waals surface area contributed by atoms with Crippen molar-refractivity contribution < 1.29 is 9.53 Å². The molecule has 2 aromatic rings. The third kappa shape index (κ3) is 2.99. The van der Waals surface area contributed by atoms with Gasteiger partial charge in [0.15, 0.2) is 0 Å². The smallest absolute Gasteiger partial charge is 0.269 e. The minimum atomic E-state index is -0.116. The molecule has 0 radical (unpaired) electrons. The summed E-state index contributed by atoms with van der Waals surface area (Å²) in [6, 6.07) is 9.48. The normalized spacial score (nSPS) is 10.7. The Bertz CT molecular complexity index is 600. The SMILES string of the molecule is COc1ccc(-c2cc(C(=O)NC(C)C)n(C)n2)cc1. The number of nitrogens with zero attached hydrogens (tertiary/aromatic N) is 2. The average molecular weight is 273 g/mol. The largest absolute Gasteiger partial charge is 0.497 e. The van der Waals surface area contributed by atoms with Crippen LogP contribution in [0.15, 0.2) is 30.3 Å². The molecule has 106 valence electrons. The molecule has 5 nitrogen and oxygen atoms in total. The van der Waals surface area contributed by atoms with E-state index < -0.39 is 0 Å². The van der Waals surface area contributed by atoms with Gasteiger partial charge in [-0.2, -0.15) is 5.10 Å². The van der Waals surface area contributed by atoms with E-state index in [1.54, 1.807) is 24.9 Å². The van der Waals surface area contributed by atoms with E-state index in [2.05, 4.69) is 10.4 Å². The number of rotatable bonds is 4. The fourth-order valence-electron chi connectivity index (χ4n) is 1.92. The average Bonchev–Trinajstić information content (AvgIpc) is 2.80. The Kier molecular flexibility index (Phi) is 4.08. The second kappa shape index (κ2) is 5.77. The van der Waals surface area contributed by atoms with Crippen LogP contribution in [0.4, 0.5) is 0 Å².